The van der Waals surface area contributed by atoms with E-state index in [1.807, 2.05) is 28.8 Å². The fourth-order valence-electron chi connectivity index (χ4n) is 3.76. The quantitative estimate of drug-likeness (QED) is 0.433. The molecule has 0 unspecified atom stereocenters. The molecular formula is C24H29N7O. The Bertz CT molecular complexity index is 1200. The Morgan fingerprint density at radius 3 is 2.44 bits per heavy atom. The van der Waals surface area contributed by atoms with Gasteiger partial charge in [0.15, 0.2) is 0 Å². The van der Waals surface area contributed by atoms with Crippen LogP contribution in [-0.4, -0.2) is 35.0 Å². The van der Waals surface area contributed by atoms with E-state index >= 15 is 0 Å². The Kier molecular flexibility index (Phi) is 6.58. The van der Waals surface area contributed by atoms with E-state index in [2.05, 4.69) is 70.8 Å². The van der Waals surface area contributed by atoms with E-state index in [4.69, 9.17) is 0 Å². The van der Waals surface area contributed by atoms with Crippen LogP contribution in [0.4, 0.5) is 0 Å². The molecule has 0 fully saturated rings. The van der Waals surface area contributed by atoms with Crippen molar-refractivity contribution in [3.63, 3.8) is 0 Å². The molecule has 0 bridgehead atoms. The summed E-state index contributed by atoms with van der Waals surface area (Å²) in [6.07, 6.45) is 2.68. The van der Waals surface area contributed by atoms with Gasteiger partial charge in [0.1, 0.15) is 5.82 Å². The van der Waals surface area contributed by atoms with Crippen molar-refractivity contribution in [3.05, 3.63) is 70.4 Å². The molecule has 4 rings (SSSR count). The van der Waals surface area contributed by atoms with Crippen molar-refractivity contribution in [1.29, 1.82) is 0 Å². The third-order valence-electron chi connectivity index (χ3n) is 5.51. The molecule has 4 aromatic rings. The zero-order valence-corrected chi connectivity index (χ0v) is 18.8. The standard InChI is InChI=1S/C24H29N7O/c1-4-7-22-27-31(15-14-17(2)3)24(32)30(22)16-18-10-12-19(13-11-18)20-8-5-6-9-21(20)23-25-28-29-26-23/h5-6,8-13,17H,4,7,14-16H2,1-3H3,(H,25,26,28,29). The van der Waals surface area contributed by atoms with Crippen LogP contribution in [0, 0.1) is 5.92 Å². The molecule has 8 heteroatoms. The number of aryl methyl sites for hydroxylation is 2. The van der Waals surface area contributed by atoms with Crippen molar-refractivity contribution in [3.8, 4) is 22.5 Å². The predicted octanol–water partition coefficient (Wildman–Crippen LogP) is 3.94. The maximum Gasteiger partial charge on any atom is 0.346 e. The smallest absolute Gasteiger partial charge is 0.274 e. The molecule has 0 amide bonds. The summed E-state index contributed by atoms with van der Waals surface area (Å²) < 4.78 is 3.44. The van der Waals surface area contributed by atoms with E-state index in [1.54, 1.807) is 4.68 Å². The maximum atomic E-state index is 13.0. The largest absolute Gasteiger partial charge is 0.346 e. The minimum absolute atomic E-state index is 0.0272. The topological polar surface area (TPSA) is 94.3 Å². The van der Waals surface area contributed by atoms with Crippen LogP contribution in [0.15, 0.2) is 53.3 Å². The minimum atomic E-state index is -0.0272. The third kappa shape index (κ3) is 4.69. The molecule has 0 spiro atoms. The second-order valence-electron chi connectivity index (χ2n) is 8.42. The van der Waals surface area contributed by atoms with Crippen LogP contribution in [0.2, 0.25) is 0 Å². The molecule has 0 saturated heterocycles. The number of nitrogens with zero attached hydrogens (tertiary/aromatic N) is 6. The Morgan fingerprint density at radius 2 is 1.78 bits per heavy atom. The summed E-state index contributed by atoms with van der Waals surface area (Å²) in [4.78, 5) is 13.0. The average Bonchev–Trinajstić information content (AvgIpc) is 3.43. The molecule has 166 valence electrons. The van der Waals surface area contributed by atoms with Gasteiger partial charge in [-0.15, -0.1) is 10.2 Å². The maximum absolute atomic E-state index is 13.0. The van der Waals surface area contributed by atoms with Crippen LogP contribution in [0.25, 0.3) is 22.5 Å². The zero-order chi connectivity index (χ0) is 22.5. The van der Waals surface area contributed by atoms with Crippen LogP contribution in [0.5, 0.6) is 0 Å². The van der Waals surface area contributed by atoms with Crippen molar-refractivity contribution in [2.45, 2.75) is 53.1 Å². The van der Waals surface area contributed by atoms with E-state index in [0.717, 1.165) is 47.3 Å². The second-order valence-corrected chi connectivity index (χ2v) is 8.42. The highest BCUT2D eigenvalue weighted by molar-refractivity contribution is 5.80. The lowest BCUT2D eigenvalue weighted by atomic mass is 9.98. The summed E-state index contributed by atoms with van der Waals surface area (Å²) in [7, 11) is 0. The number of aromatic nitrogens is 7. The summed E-state index contributed by atoms with van der Waals surface area (Å²) in [6, 6.07) is 16.3. The highest BCUT2D eigenvalue weighted by Crippen LogP contribution is 2.29. The molecule has 2 aromatic carbocycles. The molecule has 8 nitrogen and oxygen atoms in total. The zero-order valence-electron chi connectivity index (χ0n) is 18.8. The molecular weight excluding hydrogens is 402 g/mol. The third-order valence-corrected chi connectivity index (χ3v) is 5.51. The Hall–Kier alpha value is -3.55. The lowest BCUT2D eigenvalue weighted by molar-refractivity contribution is 0.473. The number of benzene rings is 2. The number of aromatic amines is 1. The molecule has 0 radical (unpaired) electrons. The molecule has 32 heavy (non-hydrogen) atoms. The predicted molar refractivity (Wildman–Crippen MR) is 124 cm³/mol. The van der Waals surface area contributed by atoms with Gasteiger partial charge in [0.2, 0.25) is 5.82 Å². The van der Waals surface area contributed by atoms with E-state index in [-0.39, 0.29) is 5.69 Å². The van der Waals surface area contributed by atoms with E-state index in [9.17, 15) is 4.79 Å². The summed E-state index contributed by atoms with van der Waals surface area (Å²) in [5.41, 5.74) is 4.05. The second kappa shape index (κ2) is 9.72. The lowest BCUT2D eigenvalue weighted by Gasteiger charge is -2.09. The number of nitrogens with one attached hydrogen (secondary N) is 1. The van der Waals surface area contributed by atoms with Crippen LogP contribution >= 0.6 is 0 Å². The van der Waals surface area contributed by atoms with Gasteiger partial charge < -0.3 is 0 Å². The fourth-order valence-corrected chi connectivity index (χ4v) is 3.76. The normalized spacial score (nSPS) is 11.4. The van der Waals surface area contributed by atoms with E-state index in [1.165, 1.54) is 0 Å². The van der Waals surface area contributed by atoms with Crippen LogP contribution in [0.3, 0.4) is 0 Å². The van der Waals surface area contributed by atoms with Gasteiger partial charge in [-0.3, -0.25) is 4.57 Å². The fraction of sp³-hybridized carbons (Fsp3) is 0.375. The average molecular weight is 432 g/mol. The highest BCUT2D eigenvalue weighted by Gasteiger charge is 2.14. The Labute approximate surface area is 187 Å². The summed E-state index contributed by atoms with van der Waals surface area (Å²) in [6.45, 7) is 7.60. The number of H-pyrrole nitrogens is 1. The summed E-state index contributed by atoms with van der Waals surface area (Å²) >= 11 is 0. The molecule has 0 aliphatic carbocycles. The first-order valence-electron chi connectivity index (χ1n) is 11.2. The molecule has 0 saturated carbocycles. The molecule has 2 heterocycles. The van der Waals surface area contributed by atoms with Gasteiger partial charge >= 0.3 is 5.69 Å². The van der Waals surface area contributed by atoms with Crippen molar-refractivity contribution >= 4 is 0 Å². The van der Waals surface area contributed by atoms with Gasteiger partial charge in [-0.1, -0.05) is 69.3 Å². The van der Waals surface area contributed by atoms with E-state index < -0.39 is 0 Å². The number of hydrogen-bond donors (Lipinski definition) is 1. The van der Waals surface area contributed by atoms with Gasteiger partial charge in [0.25, 0.3) is 0 Å². The van der Waals surface area contributed by atoms with Gasteiger partial charge in [-0.2, -0.15) is 10.3 Å². The first-order chi connectivity index (χ1) is 15.6. The summed E-state index contributed by atoms with van der Waals surface area (Å²) in [5.74, 6) is 1.95. The lowest BCUT2D eigenvalue weighted by Crippen LogP contribution is -2.26. The SMILES string of the molecule is CCCc1nn(CCC(C)C)c(=O)n1Cc1ccc(-c2ccccc2-c2nn[nH]n2)cc1. The number of tetrazole rings is 1. The van der Waals surface area contributed by atoms with Gasteiger partial charge in [0.05, 0.1) is 6.54 Å². The van der Waals surface area contributed by atoms with Gasteiger partial charge in [-0.05, 0) is 40.7 Å². The number of rotatable bonds is 9. The molecule has 2 aromatic heterocycles. The Morgan fingerprint density at radius 1 is 1.03 bits per heavy atom. The molecule has 0 aliphatic rings. The number of hydrogen-bond acceptors (Lipinski definition) is 5. The van der Waals surface area contributed by atoms with Crippen LogP contribution in [-0.2, 0) is 19.5 Å². The van der Waals surface area contributed by atoms with Crippen LogP contribution < -0.4 is 5.69 Å². The van der Waals surface area contributed by atoms with Crippen LogP contribution in [0.1, 0.15) is 45.0 Å². The molecule has 0 atom stereocenters. The van der Waals surface area contributed by atoms with Gasteiger partial charge in [-0.25, -0.2) is 9.48 Å². The first kappa shape index (κ1) is 21.7. The van der Waals surface area contributed by atoms with E-state index in [0.29, 0.717) is 24.8 Å². The summed E-state index contributed by atoms with van der Waals surface area (Å²) in [5, 5.41) is 19.0. The Balaban J connectivity index is 1.60. The highest BCUT2D eigenvalue weighted by atomic mass is 16.2. The first-order valence-corrected chi connectivity index (χ1v) is 11.2. The van der Waals surface area contributed by atoms with Crippen molar-refractivity contribution < 1.29 is 0 Å². The monoisotopic (exact) mass is 431 g/mol. The molecule has 1 N–H and O–H groups in total. The molecule has 0 aliphatic heterocycles. The minimum Gasteiger partial charge on any atom is -0.274 e. The van der Waals surface area contributed by atoms with Crippen molar-refractivity contribution in [2.24, 2.45) is 5.92 Å². The van der Waals surface area contributed by atoms with Crippen molar-refractivity contribution in [1.82, 2.24) is 35.0 Å². The van der Waals surface area contributed by atoms with Crippen molar-refractivity contribution in [2.75, 3.05) is 0 Å². The van der Waals surface area contributed by atoms with Gasteiger partial charge in [0, 0.05) is 18.5 Å².